The molecule has 5 nitrogen and oxygen atoms in total. The summed E-state index contributed by atoms with van der Waals surface area (Å²) in [4.78, 5) is 24.1. The molecule has 0 aliphatic rings. The van der Waals surface area contributed by atoms with Gasteiger partial charge in [-0.2, -0.15) is 4.98 Å². The van der Waals surface area contributed by atoms with Crippen molar-refractivity contribution in [2.75, 3.05) is 25.6 Å². The first kappa shape index (κ1) is 17.6. The fourth-order valence-electron chi connectivity index (χ4n) is 2.58. The van der Waals surface area contributed by atoms with Crippen LogP contribution in [-0.4, -0.2) is 36.6 Å². The van der Waals surface area contributed by atoms with Gasteiger partial charge in [-0.15, -0.1) is 11.3 Å². The first-order valence-corrected chi connectivity index (χ1v) is 9.02. The Morgan fingerprint density at radius 1 is 1.24 bits per heavy atom. The number of aromatic nitrogens is 2. The molecule has 3 aromatic rings. The van der Waals surface area contributed by atoms with Gasteiger partial charge in [-0.1, -0.05) is 30.3 Å². The number of thiophene rings is 1. The molecule has 0 unspecified atom stereocenters. The minimum atomic E-state index is -0.336. The third-order valence-electron chi connectivity index (χ3n) is 3.82. The highest BCUT2D eigenvalue weighted by atomic mass is 35.5. The van der Waals surface area contributed by atoms with Crippen molar-refractivity contribution in [2.24, 2.45) is 0 Å². The van der Waals surface area contributed by atoms with Gasteiger partial charge < -0.3 is 9.64 Å². The minimum absolute atomic E-state index is 0.168. The van der Waals surface area contributed by atoms with Gasteiger partial charge in [0.2, 0.25) is 5.28 Å². The molecule has 25 heavy (non-hydrogen) atoms. The van der Waals surface area contributed by atoms with Crippen LogP contribution in [0.5, 0.6) is 0 Å². The van der Waals surface area contributed by atoms with E-state index in [-0.39, 0.29) is 11.3 Å². The maximum Gasteiger partial charge on any atom is 0.348 e. The van der Waals surface area contributed by atoms with Gasteiger partial charge in [0, 0.05) is 20.5 Å². The largest absolute Gasteiger partial charge is 0.461 e. The molecule has 0 bridgehead atoms. The van der Waals surface area contributed by atoms with Gasteiger partial charge in [-0.05, 0) is 29.7 Å². The summed E-state index contributed by atoms with van der Waals surface area (Å²) in [5.74, 6) is 0.365. The number of halogens is 1. The first-order chi connectivity index (χ1) is 12.0. The number of rotatable bonds is 5. The molecule has 7 heteroatoms. The van der Waals surface area contributed by atoms with Crippen LogP contribution in [0.15, 0.2) is 30.3 Å². The van der Waals surface area contributed by atoms with E-state index in [1.54, 1.807) is 0 Å². The Morgan fingerprint density at radius 3 is 2.64 bits per heavy atom. The van der Waals surface area contributed by atoms with Crippen molar-refractivity contribution in [1.29, 1.82) is 0 Å². The van der Waals surface area contributed by atoms with Crippen LogP contribution in [0, 0.1) is 6.92 Å². The predicted octanol–water partition coefficient (Wildman–Crippen LogP) is 4.12. The normalized spacial score (nSPS) is 10.9. The molecule has 2 aromatic heterocycles. The SMILES string of the molecule is Cc1c(C(=O)OCCc2ccccc2)sc2nc(Cl)nc(N(C)C)c12. The molecule has 1 aromatic carbocycles. The second-order valence-corrected chi connectivity index (χ2v) is 7.16. The van der Waals surface area contributed by atoms with Crippen LogP contribution in [0.3, 0.4) is 0 Å². The molecule has 0 atom stereocenters. The van der Waals surface area contributed by atoms with Gasteiger partial charge in [0.1, 0.15) is 15.5 Å². The number of hydrogen-bond acceptors (Lipinski definition) is 6. The van der Waals surface area contributed by atoms with Gasteiger partial charge in [0.15, 0.2) is 0 Å². The summed E-state index contributed by atoms with van der Waals surface area (Å²) in [7, 11) is 3.76. The monoisotopic (exact) mass is 375 g/mol. The molecule has 0 N–H and O–H groups in total. The number of esters is 1. The van der Waals surface area contributed by atoms with Crippen molar-refractivity contribution < 1.29 is 9.53 Å². The zero-order valence-corrected chi connectivity index (χ0v) is 15.8. The molecule has 2 heterocycles. The van der Waals surface area contributed by atoms with E-state index in [9.17, 15) is 4.79 Å². The third kappa shape index (κ3) is 3.75. The molecule has 0 fully saturated rings. The number of carbonyl (C=O) groups is 1. The summed E-state index contributed by atoms with van der Waals surface area (Å²) >= 11 is 7.29. The van der Waals surface area contributed by atoms with Crippen molar-refractivity contribution in [2.45, 2.75) is 13.3 Å². The number of carbonyl (C=O) groups excluding carboxylic acids is 1. The van der Waals surface area contributed by atoms with Gasteiger partial charge in [-0.25, -0.2) is 9.78 Å². The number of benzene rings is 1. The predicted molar refractivity (Wildman–Crippen MR) is 102 cm³/mol. The van der Waals surface area contributed by atoms with Gasteiger partial charge >= 0.3 is 5.97 Å². The van der Waals surface area contributed by atoms with E-state index < -0.39 is 0 Å². The number of hydrogen-bond donors (Lipinski definition) is 0. The maximum absolute atomic E-state index is 12.5. The fourth-order valence-corrected chi connectivity index (χ4v) is 3.87. The Hall–Kier alpha value is -2.18. The molecule has 0 aliphatic heterocycles. The molecule has 0 saturated heterocycles. The van der Waals surface area contributed by atoms with E-state index in [2.05, 4.69) is 9.97 Å². The first-order valence-electron chi connectivity index (χ1n) is 7.82. The highest BCUT2D eigenvalue weighted by Crippen LogP contribution is 2.35. The topological polar surface area (TPSA) is 55.3 Å². The molecule has 0 radical (unpaired) electrons. The average molecular weight is 376 g/mol. The Labute approximate surface area is 155 Å². The summed E-state index contributed by atoms with van der Waals surface area (Å²) in [5, 5.41) is 1.01. The quantitative estimate of drug-likeness (QED) is 0.496. The lowest BCUT2D eigenvalue weighted by molar-refractivity contribution is 0.0514. The lowest BCUT2D eigenvalue weighted by atomic mass is 10.2. The van der Waals surface area contributed by atoms with E-state index >= 15 is 0 Å². The minimum Gasteiger partial charge on any atom is -0.461 e. The van der Waals surface area contributed by atoms with Crippen LogP contribution >= 0.6 is 22.9 Å². The van der Waals surface area contributed by atoms with Crippen LogP contribution in [0.2, 0.25) is 5.28 Å². The standard InChI is InChI=1S/C18H18ClN3O2S/c1-11-13-15(22(2)3)20-18(19)21-16(13)25-14(11)17(23)24-10-9-12-7-5-4-6-8-12/h4-8H,9-10H2,1-3H3. The van der Waals surface area contributed by atoms with Crippen LogP contribution in [0.25, 0.3) is 10.2 Å². The Balaban J connectivity index is 1.82. The van der Waals surface area contributed by atoms with Crippen molar-refractivity contribution in [1.82, 2.24) is 9.97 Å². The third-order valence-corrected chi connectivity index (χ3v) is 5.15. The number of nitrogens with zero attached hydrogens (tertiary/aromatic N) is 3. The molecule has 0 spiro atoms. The van der Waals surface area contributed by atoms with Crippen molar-refractivity contribution in [3.63, 3.8) is 0 Å². The van der Waals surface area contributed by atoms with Crippen molar-refractivity contribution in [3.05, 3.63) is 51.6 Å². The van der Waals surface area contributed by atoms with Crippen molar-refractivity contribution >= 4 is 44.9 Å². The highest BCUT2D eigenvalue weighted by molar-refractivity contribution is 7.20. The summed E-state index contributed by atoms with van der Waals surface area (Å²) in [6.45, 7) is 2.22. The van der Waals surface area contributed by atoms with Crippen LogP contribution in [0.4, 0.5) is 5.82 Å². The fraction of sp³-hybridized carbons (Fsp3) is 0.278. The summed E-state index contributed by atoms with van der Waals surface area (Å²) in [6.07, 6.45) is 0.686. The molecule has 3 rings (SSSR count). The Bertz CT molecular complexity index is 910. The van der Waals surface area contributed by atoms with E-state index in [0.717, 1.165) is 16.5 Å². The smallest absolute Gasteiger partial charge is 0.348 e. The molecule has 130 valence electrons. The van der Waals surface area contributed by atoms with Gasteiger partial charge in [0.25, 0.3) is 0 Å². The van der Waals surface area contributed by atoms with E-state index in [4.69, 9.17) is 16.3 Å². The second-order valence-electron chi connectivity index (χ2n) is 5.82. The van der Waals surface area contributed by atoms with Gasteiger partial charge in [0.05, 0.1) is 12.0 Å². The van der Waals surface area contributed by atoms with Crippen LogP contribution in [0.1, 0.15) is 20.8 Å². The second kappa shape index (κ2) is 7.37. The number of ether oxygens (including phenoxy) is 1. The average Bonchev–Trinajstić information content (AvgIpc) is 2.91. The van der Waals surface area contributed by atoms with Gasteiger partial charge in [-0.3, -0.25) is 0 Å². The lowest BCUT2D eigenvalue weighted by Crippen LogP contribution is -2.12. The lowest BCUT2D eigenvalue weighted by Gasteiger charge is -2.12. The van der Waals surface area contributed by atoms with E-state index in [1.807, 2.05) is 56.3 Å². The zero-order valence-electron chi connectivity index (χ0n) is 14.2. The Morgan fingerprint density at radius 2 is 1.96 bits per heavy atom. The number of aryl methyl sites for hydroxylation is 1. The summed E-state index contributed by atoms with van der Waals surface area (Å²) in [6, 6.07) is 9.93. The Kier molecular flexibility index (Phi) is 5.20. The highest BCUT2D eigenvalue weighted by Gasteiger charge is 2.22. The molecular weight excluding hydrogens is 358 g/mol. The molecule has 0 amide bonds. The number of fused-ring (bicyclic) bond motifs is 1. The molecule has 0 aliphatic carbocycles. The molecule has 0 saturated carbocycles. The zero-order chi connectivity index (χ0) is 18.0. The van der Waals surface area contributed by atoms with Crippen LogP contribution < -0.4 is 4.90 Å². The summed E-state index contributed by atoms with van der Waals surface area (Å²) < 4.78 is 5.45. The van der Waals surface area contributed by atoms with Crippen molar-refractivity contribution in [3.8, 4) is 0 Å². The maximum atomic E-state index is 12.5. The molecular formula is C18H18ClN3O2S. The number of anilines is 1. The summed E-state index contributed by atoms with van der Waals surface area (Å²) in [5.41, 5.74) is 1.96. The van der Waals surface area contributed by atoms with E-state index in [0.29, 0.717) is 28.6 Å². The van der Waals surface area contributed by atoms with Crippen LogP contribution in [-0.2, 0) is 11.2 Å². The van der Waals surface area contributed by atoms with E-state index in [1.165, 1.54) is 11.3 Å².